The summed E-state index contributed by atoms with van der Waals surface area (Å²) in [6, 6.07) is 8.90. The number of carboxylic acids is 1. The smallest absolute Gasteiger partial charge is 0.312 e. The number of hydrogen-bond donors (Lipinski definition) is 3. The van der Waals surface area contributed by atoms with Gasteiger partial charge >= 0.3 is 5.97 Å². The number of carbonyl (C=O) groups excluding carboxylic acids is 1. The summed E-state index contributed by atoms with van der Waals surface area (Å²) in [5, 5.41) is 12.1. The third kappa shape index (κ3) is 4.04. The van der Waals surface area contributed by atoms with Crippen molar-refractivity contribution in [1.82, 2.24) is 5.32 Å². The Kier molecular flexibility index (Phi) is 6.37. The first-order valence-electron chi connectivity index (χ1n) is 7.26. The molecule has 0 aromatic heterocycles. The third-order valence-electron chi connectivity index (χ3n) is 4.19. The van der Waals surface area contributed by atoms with Gasteiger partial charge in [0, 0.05) is 13.1 Å². The van der Waals surface area contributed by atoms with Gasteiger partial charge in [0.2, 0.25) is 5.91 Å². The monoisotopic (exact) mass is 292 g/mol. The van der Waals surface area contributed by atoms with E-state index in [1.165, 1.54) is 0 Å². The Morgan fingerprint density at radius 2 is 1.81 bits per heavy atom. The maximum Gasteiger partial charge on any atom is 0.312 e. The average molecular weight is 292 g/mol. The summed E-state index contributed by atoms with van der Waals surface area (Å²) >= 11 is 0. The SMILES string of the molecule is CCC(CC)(CN)C(=O)NCC(C(=O)O)c1ccccc1. The number of aliphatic carboxylic acids is 1. The zero-order chi connectivity index (χ0) is 15.9. The molecule has 0 bridgehead atoms. The summed E-state index contributed by atoms with van der Waals surface area (Å²) < 4.78 is 0. The second-order valence-electron chi connectivity index (χ2n) is 5.20. The predicted molar refractivity (Wildman–Crippen MR) is 81.9 cm³/mol. The van der Waals surface area contributed by atoms with E-state index < -0.39 is 17.3 Å². The van der Waals surface area contributed by atoms with Crippen LogP contribution in [0.5, 0.6) is 0 Å². The minimum Gasteiger partial charge on any atom is -0.481 e. The van der Waals surface area contributed by atoms with Crippen LogP contribution in [0.4, 0.5) is 0 Å². The number of nitrogens with one attached hydrogen (secondary N) is 1. The number of carbonyl (C=O) groups is 2. The molecule has 1 amide bonds. The Morgan fingerprint density at radius 3 is 2.24 bits per heavy atom. The third-order valence-corrected chi connectivity index (χ3v) is 4.19. The number of carboxylic acid groups (broad SMARTS) is 1. The summed E-state index contributed by atoms with van der Waals surface area (Å²) in [7, 11) is 0. The highest BCUT2D eigenvalue weighted by Crippen LogP contribution is 2.25. The first kappa shape index (κ1) is 17.2. The molecule has 0 spiro atoms. The van der Waals surface area contributed by atoms with E-state index in [1.54, 1.807) is 24.3 Å². The van der Waals surface area contributed by atoms with E-state index in [2.05, 4.69) is 5.32 Å². The van der Waals surface area contributed by atoms with E-state index in [0.29, 0.717) is 18.4 Å². The van der Waals surface area contributed by atoms with Crippen LogP contribution in [0.15, 0.2) is 30.3 Å². The van der Waals surface area contributed by atoms with Crippen LogP contribution in [-0.2, 0) is 9.59 Å². The molecule has 1 atom stereocenters. The first-order chi connectivity index (χ1) is 10.0. The van der Waals surface area contributed by atoms with Crippen molar-refractivity contribution in [2.75, 3.05) is 13.1 Å². The van der Waals surface area contributed by atoms with Gasteiger partial charge in [0.05, 0.1) is 11.3 Å². The number of benzene rings is 1. The maximum atomic E-state index is 12.3. The predicted octanol–water partition coefficient (Wildman–Crippen LogP) is 1.74. The van der Waals surface area contributed by atoms with Crippen molar-refractivity contribution in [3.8, 4) is 0 Å². The van der Waals surface area contributed by atoms with Crippen LogP contribution in [0.3, 0.4) is 0 Å². The summed E-state index contributed by atoms with van der Waals surface area (Å²) in [5.74, 6) is -1.87. The summed E-state index contributed by atoms with van der Waals surface area (Å²) in [6.45, 7) is 4.17. The van der Waals surface area contributed by atoms with Crippen LogP contribution in [-0.4, -0.2) is 30.1 Å². The fourth-order valence-corrected chi connectivity index (χ4v) is 2.37. The van der Waals surface area contributed by atoms with Crippen molar-refractivity contribution in [2.24, 2.45) is 11.1 Å². The van der Waals surface area contributed by atoms with E-state index >= 15 is 0 Å². The highest BCUT2D eigenvalue weighted by atomic mass is 16.4. The fourth-order valence-electron chi connectivity index (χ4n) is 2.37. The Bertz CT molecular complexity index is 461. The number of nitrogens with two attached hydrogens (primary N) is 1. The molecule has 1 unspecified atom stereocenters. The lowest BCUT2D eigenvalue weighted by molar-refractivity contribution is -0.139. The Balaban J connectivity index is 2.79. The van der Waals surface area contributed by atoms with Gasteiger partial charge in [-0.1, -0.05) is 44.2 Å². The summed E-state index contributed by atoms with van der Waals surface area (Å²) in [5.41, 5.74) is 5.80. The molecule has 0 radical (unpaired) electrons. The van der Waals surface area contributed by atoms with E-state index in [0.717, 1.165) is 0 Å². The van der Waals surface area contributed by atoms with Gasteiger partial charge in [-0.15, -0.1) is 0 Å². The average Bonchev–Trinajstić information content (AvgIpc) is 2.50. The van der Waals surface area contributed by atoms with Crippen molar-refractivity contribution in [3.05, 3.63) is 35.9 Å². The van der Waals surface area contributed by atoms with Crippen molar-refractivity contribution in [1.29, 1.82) is 0 Å². The molecule has 0 saturated carbocycles. The largest absolute Gasteiger partial charge is 0.481 e. The normalized spacial score (nSPS) is 12.7. The highest BCUT2D eigenvalue weighted by Gasteiger charge is 2.34. The van der Waals surface area contributed by atoms with Gasteiger partial charge in [-0.3, -0.25) is 9.59 Å². The van der Waals surface area contributed by atoms with Crippen LogP contribution in [0, 0.1) is 5.41 Å². The minimum absolute atomic E-state index is 0.0694. The second-order valence-corrected chi connectivity index (χ2v) is 5.20. The zero-order valence-electron chi connectivity index (χ0n) is 12.6. The van der Waals surface area contributed by atoms with Crippen LogP contribution >= 0.6 is 0 Å². The number of amides is 1. The molecule has 116 valence electrons. The van der Waals surface area contributed by atoms with E-state index in [1.807, 2.05) is 19.9 Å². The number of rotatable bonds is 8. The first-order valence-corrected chi connectivity index (χ1v) is 7.26. The molecule has 0 aliphatic rings. The molecule has 0 heterocycles. The van der Waals surface area contributed by atoms with Crippen molar-refractivity contribution in [3.63, 3.8) is 0 Å². The van der Waals surface area contributed by atoms with Gasteiger partial charge in [0.1, 0.15) is 0 Å². The maximum absolute atomic E-state index is 12.3. The van der Waals surface area contributed by atoms with E-state index in [9.17, 15) is 14.7 Å². The molecule has 0 fully saturated rings. The Labute approximate surface area is 125 Å². The zero-order valence-corrected chi connectivity index (χ0v) is 12.6. The molecular formula is C16H24N2O3. The molecule has 5 heteroatoms. The van der Waals surface area contributed by atoms with Crippen LogP contribution in [0.25, 0.3) is 0 Å². The Morgan fingerprint density at radius 1 is 1.24 bits per heavy atom. The summed E-state index contributed by atoms with van der Waals surface area (Å²) in [4.78, 5) is 23.7. The lowest BCUT2D eigenvalue weighted by Gasteiger charge is -2.29. The van der Waals surface area contributed by atoms with Gasteiger partial charge in [-0.25, -0.2) is 0 Å². The highest BCUT2D eigenvalue weighted by molar-refractivity contribution is 5.84. The lowest BCUT2D eigenvalue weighted by atomic mass is 9.81. The number of hydrogen-bond acceptors (Lipinski definition) is 3. The molecule has 0 aliphatic heterocycles. The van der Waals surface area contributed by atoms with E-state index in [-0.39, 0.29) is 19.0 Å². The van der Waals surface area contributed by atoms with Crippen LogP contribution in [0.1, 0.15) is 38.2 Å². The minimum atomic E-state index is -0.951. The molecule has 0 aliphatic carbocycles. The van der Waals surface area contributed by atoms with Gasteiger partial charge in [-0.05, 0) is 18.4 Å². The van der Waals surface area contributed by atoms with E-state index in [4.69, 9.17) is 5.73 Å². The van der Waals surface area contributed by atoms with Crippen molar-refractivity contribution >= 4 is 11.9 Å². The molecule has 1 aromatic rings. The molecule has 0 saturated heterocycles. The quantitative estimate of drug-likeness (QED) is 0.680. The molecule has 21 heavy (non-hydrogen) atoms. The standard InChI is InChI=1S/C16H24N2O3/c1-3-16(4-2,11-17)15(21)18-10-13(14(19)20)12-8-6-5-7-9-12/h5-9,13H,3-4,10-11,17H2,1-2H3,(H,18,21)(H,19,20). The van der Waals surface area contributed by atoms with Crippen molar-refractivity contribution in [2.45, 2.75) is 32.6 Å². The molecule has 4 N–H and O–H groups in total. The Hall–Kier alpha value is -1.88. The second kappa shape index (κ2) is 7.78. The molecule has 5 nitrogen and oxygen atoms in total. The van der Waals surface area contributed by atoms with Gasteiger partial charge in [-0.2, -0.15) is 0 Å². The van der Waals surface area contributed by atoms with Crippen LogP contribution in [0.2, 0.25) is 0 Å². The topological polar surface area (TPSA) is 92.4 Å². The van der Waals surface area contributed by atoms with Gasteiger partial charge in [0.15, 0.2) is 0 Å². The lowest BCUT2D eigenvalue weighted by Crippen LogP contribution is -2.46. The van der Waals surface area contributed by atoms with Gasteiger partial charge in [0.25, 0.3) is 0 Å². The summed E-state index contributed by atoms with van der Waals surface area (Å²) in [6.07, 6.45) is 1.27. The van der Waals surface area contributed by atoms with Gasteiger partial charge < -0.3 is 16.2 Å². The molecular weight excluding hydrogens is 268 g/mol. The van der Waals surface area contributed by atoms with Crippen molar-refractivity contribution < 1.29 is 14.7 Å². The molecule has 1 rings (SSSR count). The fraction of sp³-hybridized carbons (Fsp3) is 0.500. The molecule has 1 aromatic carbocycles. The van der Waals surface area contributed by atoms with Crippen LogP contribution < -0.4 is 11.1 Å².